The van der Waals surface area contributed by atoms with Crippen LogP contribution in [0.3, 0.4) is 0 Å². The van der Waals surface area contributed by atoms with Crippen LogP contribution in [0.15, 0.2) is 77.5 Å². The van der Waals surface area contributed by atoms with E-state index < -0.39 is 17.6 Å². The van der Waals surface area contributed by atoms with E-state index in [-0.39, 0.29) is 0 Å². The molecule has 1 aliphatic heterocycles. The van der Waals surface area contributed by atoms with Crippen molar-refractivity contribution in [2.24, 2.45) is 0 Å². The Bertz CT molecular complexity index is 2220. The van der Waals surface area contributed by atoms with Crippen LogP contribution in [0, 0.1) is 0 Å². The number of benzene rings is 4. The molecule has 6 aromatic rings. The molecule has 0 saturated heterocycles. The Morgan fingerprint density at radius 2 is 1.48 bits per heavy atom. The lowest BCUT2D eigenvalue weighted by Gasteiger charge is -2.46. The standard InChI is InChI=1S/C41H42Cl2N2O5S2/c1-45-17-13-29-30(22-32(48-3)39(50-5)36(29)43)41(23-45,28-8-11-34-26(21-28)15-19-52-34)40(37(46)27-7-10-33-25(20-27)14-18-51-33)44-16-12-24-6-9-31(47-2)38(49-4)35(24)42/h6-11,14-15,18-22,37,40,44,46H,12-13,16-17,23H2,1-5H3. The van der Waals surface area contributed by atoms with Crippen LogP contribution < -0.4 is 24.3 Å². The zero-order valence-corrected chi connectivity index (χ0v) is 32.9. The molecule has 7 nitrogen and oxygen atoms in total. The van der Waals surface area contributed by atoms with Crippen molar-refractivity contribution in [1.82, 2.24) is 10.2 Å². The van der Waals surface area contributed by atoms with Crippen molar-refractivity contribution in [1.29, 1.82) is 0 Å². The van der Waals surface area contributed by atoms with Crippen LogP contribution in [0.1, 0.15) is 33.9 Å². The summed E-state index contributed by atoms with van der Waals surface area (Å²) in [6, 6.07) is 22.5. The lowest BCUT2D eigenvalue weighted by atomic mass is 9.65. The first kappa shape index (κ1) is 36.8. The summed E-state index contributed by atoms with van der Waals surface area (Å²) in [4.78, 5) is 2.34. The van der Waals surface area contributed by atoms with E-state index >= 15 is 0 Å². The van der Waals surface area contributed by atoms with Gasteiger partial charge in [0, 0.05) is 22.5 Å². The van der Waals surface area contributed by atoms with Gasteiger partial charge in [-0.05, 0) is 124 Å². The summed E-state index contributed by atoms with van der Waals surface area (Å²) in [5, 5.41) is 24.3. The highest BCUT2D eigenvalue weighted by Gasteiger charge is 2.50. The number of nitrogens with one attached hydrogen (secondary N) is 1. The first-order valence-electron chi connectivity index (χ1n) is 17.1. The highest BCUT2D eigenvalue weighted by molar-refractivity contribution is 7.17. The summed E-state index contributed by atoms with van der Waals surface area (Å²) in [7, 11) is 8.57. The Kier molecular flexibility index (Phi) is 10.9. The van der Waals surface area contributed by atoms with Gasteiger partial charge in [-0.2, -0.15) is 0 Å². The number of halogens is 2. The zero-order valence-electron chi connectivity index (χ0n) is 29.8. The third-order valence-electron chi connectivity index (χ3n) is 10.4. The van der Waals surface area contributed by atoms with Crippen LogP contribution in [0.2, 0.25) is 10.0 Å². The SMILES string of the molecule is COc1ccc(CCNC(C(O)c2ccc3sccc3c2)C2(c3ccc4sccc4c3)CN(C)CCc3c2cc(OC)c(OC)c3Cl)c(Cl)c1OC. The van der Waals surface area contributed by atoms with Gasteiger partial charge in [-0.3, -0.25) is 0 Å². The zero-order chi connectivity index (χ0) is 36.6. The molecule has 0 bridgehead atoms. The molecule has 7 rings (SSSR count). The molecule has 52 heavy (non-hydrogen) atoms. The van der Waals surface area contributed by atoms with Gasteiger partial charge in [-0.15, -0.1) is 22.7 Å². The number of rotatable bonds is 12. The minimum Gasteiger partial charge on any atom is -0.493 e. The average molecular weight is 778 g/mol. The van der Waals surface area contributed by atoms with Gasteiger partial charge in [-0.1, -0.05) is 41.4 Å². The third-order valence-corrected chi connectivity index (χ3v) is 13.0. The number of nitrogens with zero attached hydrogens (tertiary/aromatic N) is 1. The van der Waals surface area contributed by atoms with Crippen LogP contribution in [-0.2, 0) is 18.3 Å². The maximum atomic E-state index is 12.9. The second-order valence-electron chi connectivity index (χ2n) is 13.2. The molecule has 2 aromatic heterocycles. The van der Waals surface area contributed by atoms with Gasteiger partial charge in [0.2, 0.25) is 0 Å². The Morgan fingerprint density at radius 1 is 0.808 bits per heavy atom. The highest BCUT2D eigenvalue weighted by atomic mass is 35.5. The maximum Gasteiger partial charge on any atom is 0.179 e. The second-order valence-corrected chi connectivity index (χ2v) is 15.9. The minimum atomic E-state index is -0.936. The predicted molar refractivity (Wildman–Crippen MR) is 215 cm³/mol. The molecule has 0 radical (unpaired) electrons. The Balaban J connectivity index is 1.46. The normalized spacial score (nSPS) is 17.5. The molecule has 4 aromatic carbocycles. The quantitative estimate of drug-likeness (QED) is 0.129. The van der Waals surface area contributed by atoms with Crippen molar-refractivity contribution in [3.8, 4) is 23.0 Å². The van der Waals surface area contributed by atoms with E-state index in [4.69, 9.17) is 42.1 Å². The van der Waals surface area contributed by atoms with Crippen molar-refractivity contribution in [2.75, 3.05) is 55.1 Å². The van der Waals surface area contributed by atoms with Crippen LogP contribution in [0.5, 0.6) is 23.0 Å². The van der Waals surface area contributed by atoms with Gasteiger partial charge in [0.15, 0.2) is 23.0 Å². The van der Waals surface area contributed by atoms with E-state index in [1.807, 2.05) is 18.2 Å². The Labute approximate surface area is 322 Å². The van der Waals surface area contributed by atoms with Crippen LogP contribution >= 0.6 is 45.9 Å². The fourth-order valence-corrected chi connectivity index (χ4v) is 10.1. The number of hydrogen-bond acceptors (Lipinski definition) is 9. The average Bonchev–Trinajstić information content (AvgIpc) is 3.81. The summed E-state index contributed by atoms with van der Waals surface area (Å²) in [5.41, 5.74) is 3.93. The van der Waals surface area contributed by atoms with Gasteiger partial charge < -0.3 is 34.3 Å². The number of aliphatic hydroxyl groups is 1. The second kappa shape index (κ2) is 15.4. The van der Waals surface area contributed by atoms with Gasteiger partial charge in [-0.25, -0.2) is 0 Å². The molecule has 3 atom stereocenters. The van der Waals surface area contributed by atoms with Gasteiger partial charge >= 0.3 is 0 Å². The Morgan fingerprint density at radius 3 is 2.17 bits per heavy atom. The minimum absolute atomic E-state index is 0.498. The monoisotopic (exact) mass is 776 g/mol. The molecule has 3 unspecified atom stereocenters. The van der Waals surface area contributed by atoms with Crippen molar-refractivity contribution in [3.63, 3.8) is 0 Å². The number of fused-ring (bicyclic) bond motifs is 3. The summed E-state index contributed by atoms with van der Waals surface area (Å²) in [5.74, 6) is 2.12. The smallest absolute Gasteiger partial charge is 0.179 e. The van der Waals surface area contributed by atoms with Crippen molar-refractivity contribution < 1.29 is 24.1 Å². The lowest BCUT2D eigenvalue weighted by molar-refractivity contribution is 0.0820. The van der Waals surface area contributed by atoms with E-state index in [1.165, 1.54) is 9.40 Å². The van der Waals surface area contributed by atoms with E-state index in [2.05, 4.69) is 76.6 Å². The predicted octanol–water partition coefficient (Wildman–Crippen LogP) is 9.17. The highest BCUT2D eigenvalue weighted by Crippen LogP contribution is 2.51. The molecule has 0 spiro atoms. The molecule has 1 aliphatic rings. The molecule has 11 heteroatoms. The van der Waals surface area contributed by atoms with E-state index in [0.717, 1.165) is 45.1 Å². The van der Waals surface area contributed by atoms with Crippen molar-refractivity contribution in [2.45, 2.75) is 30.4 Å². The Hall–Kier alpha value is -3.54. The van der Waals surface area contributed by atoms with Crippen LogP contribution in [0.4, 0.5) is 0 Å². The molecule has 3 heterocycles. The number of hydrogen-bond donors (Lipinski definition) is 2. The van der Waals surface area contributed by atoms with Crippen molar-refractivity contribution in [3.05, 3.63) is 115 Å². The van der Waals surface area contributed by atoms with E-state index in [1.54, 1.807) is 51.1 Å². The van der Waals surface area contributed by atoms with Crippen LogP contribution in [0.25, 0.3) is 20.2 Å². The largest absolute Gasteiger partial charge is 0.493 e. The molecule has 0 saturated carbocycles. The van der Waals surface area contributed by atoms with E-state index in [9.17, 15) is 5.11 Å². The first-order chi connectivity index (χ1) is 25.2. The summed E-state index contributed by atoms with van der Waals surface area (Å²) >= 11 is 17.6. The van der Waals surface area contributed by atoms with Gasteiger partial charge in [0.05, 0.1) is 56.0 Å². The van der Waals surface area contributed by atoms with Crippen LogP contribution in [-0.4, -0.2) is 71.2 Å². The fourth-order valence-electron chi connectivity index (χ4n) is 7.86. The number of ether oxygens (including phenoxy) is 4. The molecular weight excluding hydrogens is 736 g/mol. The topological polar surface area (TPSA) is 72.4 Å². The fraction of sp³-hybridized carbons (Fsp3) is 0.317. The third kappa shape index (κ3) is 6.51. The number of thiophene rings is 2. The lowest BCUT2D eigenvalue weighted by Crippen LogP contribution is -2.57. The summed E-state index contributed by atoms with van der Waals surface area (Å²) in [6.45, 7) is 1.85. The van der Waals surface area contributed by atoms with Gasteiger partial charge in [0.25, 0.3) is 0 Å². The molecule has 272 valence electrons. The molecule has 0 aliphatic carbocycles. The molecule has 2 N–H and O–H groups in total. The number of likely N-dealkylation sites (N-methyl/N-ethyl adjacent to an activating group) is 1. The number of aliphatic hydroxyl groups excluding tert-OH is 1. The summed E-state index contributed by atoms with van der Waals surface area (Å²) < 4.78 is 25.3. The summed E-state index contributed by atoms with van der Waals surface area (Å²) in [6.07, 6.45) is 0.328. The van der Waals surface area contributed by atoms with Crippen molar-refractivity contribution >= 4 is 66.0 Å². The maximum absolute atomic E-state index is 12.9. The molecule has 0 amide bonds. The van der Waals surface area contributed by atoms with Gasteiger partial charge in [0.1, 0.15) is 0 Å². The molecular formula is C41H42Cl2N2O5S2. The first-order valence-corrected chi connectivity index (χ1v) is 19.6. The number of methoxy groups -OCH3 is 4. The van der Waals surface area contributed by atoms with E-state index in [0.29, 0.717) is 59.0 Å². The molecule has 0 fully saturated rings.